The summed E-state index contributed by atoms with van der Waals surface area (Å²) in [5.74, 6) is -1.95. The molecule has 2 aliphatic heterocycles. The van der Waals surface area contributed by atoms with E-state index in [1.807, 2.05) is 12.2 Å². The second-order valence-electron chi connectivity index (χ2n) is 9.66. The topological polar surface area (TPSA) is 125 Å². The summed E-state index contributed by atoms with van der Waals surface area (Å²) < 4.78 is 22.1. The third-order valence-corrected chi connectivity index (χ3v) is 6.61. The zero-order chi connectivity index (χ0) is 28.4. The maximum atomic E-state index is 12.8. The van der Waals surface area contributed by atoms with Crippen molar-refractivity contribution in [3.8, 4) is 0 Å². The molecule has 0 aromatic rings. The van der Waals surface area contributed by atoms with Gasteiger partial charge in [-0.2, -0.15) is 0 Å². The van der Waals surface area contributed by atoms with Gasteiger partial charge in [0, 0.05) is 23.9 Å². The van der Waals surface area contributed by atoms with Gasteiger partial charge < -0.3 is 24.1 Å². The van der Waals surface area contributed by atoms with E-state index in [0.717, 1.165) is 0 Å². The largest absolute Gasteiger partial charge is 0.460 e. The van der Waals surface area contributed by atoms with E-state index < -0.39 is 42.3 Å². The molecule has 9 nitrogen and oxygen atoms in total. The van der Waals surface area contributed by atoms with Crippen LogP contribution in [-0.2, 0) is 38.1 Å². The number of allylic oxidation sites excluding steroid dienone is 3. The Labute approximate surface area is 228 Å². The standard InChI is InChI=1S/C28H37ClO9/c1-16(12-26(33)35-15-18(3)19(4)30)11-23(32)28-25-13-22(37-28)10-9-21(29)8-6-7-17(2)24(36-20(5)31)14-27(34)38-25/h7-8,11,22-25,28,32H,3,6,9-10,12-15H2,1-2,4-5H3/b16-11+,17-7-,21-8+/t22-,23-,24-,25-,28-/m1/s1. The Morgan fingerprint density at radius 2 is 1.97 bits per heavy atom. The maximum absolute atomic E-state index is 12.8. The van der Waals surface area contributed by atoms with E-state index in [2.05, 4.69) is 6.58 Å². The van der Waals surface area contributed by atoms with Crippen LogP contribution in [0.4, 0.5) is 0 Å². The number of hydrogen-bond donors (Lipinski definition) is 1. The zero-order valence-corrected chi connectivity index (χ0v) is 23.1. The van der Waals surface area contributed by atoms with Crippen LogP contribution in [-0.4, -0.2) is 65.9 Å². The minimum absolute atomic E-state index is 0.112. The van der Waals surface area contributed by atoms with Crippen molar-refractivity contribution < 1.29 is 43.2 Å². The van der Waals surface area contributed by atoms with Crippen molar-refractivity contribution >= 4 is 35.3 Å². The Kier molecular flexibility index (Phi) is 12.4. The first-order valence-electron chi connectivity index (χ1n) is 12.6. The van der Waals surface area contributed by atoms with Gasteiger partial charge in [0.15, 0.2) is 5.78 Å². The SMILES string of the molecule is C=C(COC(=O)C/C(C)=C/[C@@H](O)[C@H]1O[C@@H]2CC/C(Cl)=C\C/C=C(/C)[C@H](OC(C)=O)CC(=O)O[C@@H]1C2)C(C)=O. The van der Waals surface area contributed by atoms with E-state index in [4.69, 9.17) is 30.5 Å². The first-order valence-corrected chi connectivity index (χ1v) is 13.0. The minimum atomic E-state index is -1.18. The summed E-state index contributed by atoms with van der Waals surface area (Å²) in [7, 11) is 0. The number of esters is 3. The van der Waals surface area contributed by atoms with Crippen molar-refractivity contribution in [2.24, 2.45) is 0 Å². The summed E-state index contributed by atoms with van der Waals surface area (Å²) in [6, 6.07) is 0. The molecule has 2 bridgehead atoms. The predicted molar refractivity (Wildman–Crippen MR) is 140 cm³/mol. The number of rotatable bonds is 8. The molecule has 38 heavy (non-hydrogen) atoms. The second-order valence-corrected chi connectivity index (χ2v) is 10.1. The van der Waals surface area contributed by atoms with Gasteiger partial charge in [-0.25, -0.2) is 0 Å². The van der Waals surface area contributed by atoms with Crippen molar-refractivity contribution in [3.05, 3.63) is 46.6 Å². The summed E-state index contributed by atoms with van der Waals surface area (Å²) in [5.41, 5.74) is 1.40. The molecule has 5 atom stereocenters. The average molecular weight is 553 g/mol. The number of carbonyl (C=O) groups is 4. The van der Waals surface area contributed by atoms with E-state index in [1.54, 1.807) is 13.8 Å². The number of hydrogen-bond acceptors (Lipinski definition) is 9. The molecule has 0 amide bonds. The van der Waals surface area contributed by atoms with E-state index in [0.29, 0.717) is 41.9 Å². The number of ketones is 1. The number of aliphatic hydroxyl groups is 1. The quantitative estimate of drug-likeness (QED) is 0.206. The van der Waals surface area contributed by atoms with Gasteiger partial charge >= 0.3 is 17.9 Å². The fourth-order valence-corrected chi connectivity index (χ4v) is 4.32. The molecule has 2 aliphatic rings. The fourth-order valence-electron chi connectivity index (χ4n) is 4.12. The van der Waals surface area contributed by atoms with Crippen LogP contribution in [0.15, 0.2) is 46.6 Å². The van der Waals surface area contributed by atoms with E-state index in [-0.39, 0.29) is 36.9 Å². The van der Waals surface area contributed by atoms with E-state index in [9.17, 15) is 24.3 Å². The van der Waals surface area contributed by atoms with Gasteiger partial charge in [-0.05, 0) is 45.6 Å². The molecular formula is C28H37ClO9. The van der Waals surface area contributed by atoms with E-state index >= 15 is 0 Å². The van der Waals surface area contributed by atoms with Gasteiger partial charge in [0.05, 0.1) is 18.9 Å². The number of halogens is 1. The van der Waals surface area contributed by atoms with Crippen molar-refractivity contribution in [1.82, 2.24) is 0 Å². The highest BCUT2D eigenvalue weighted by molar-refractivity contribution is 6.29. The summed E-state index contributed by atoms with van der Waals surface area (Å²) in [6.07, 6.45) is 2.95. The maximum Gasteiger partial charge on any atom is 0.310 e. The van der Waals surface area contributed by atoms with Crippen LogP contribution in [0.5, 0.6) is 0 Å². The molecule has 0 aromatic carbocycles. The smallest absolute Gasteiger partial charge is 0.310 e. The highest BCUT2D eigenvalue weighted by atomic mass is 35.5. The molecule has 1 fully saturated rings. The minimum Gasteiger partial charge on any atom is -0.460 e. The molecule has 0 aromatic heterocycles. The van der Waals surface area contributed by atoms with Gasteiger partial charge in [0.1, 0.15) is 31.0 Å². The predicted octanol–water partition coefficient (Wildman–Crippen LogP) is 4.02. The molecule has 0 spiro atoms. The molecule has 0 radical (unpaired) electrons. The van der Waals surface area contributed by atoms with Crippen LogP contribution < -0.4 is 0 Å². The van der Waals surface area contributed by atoms with Crippen LogP contribution in [0.25, 0.3) is 0 Å². The van der Waals surface area contributed by atoms with Crippen LogP contribution in [0.1, 0.15) is 66.2 Å². The molecule has 0 saturated carbocycles. The summed E-state index contributed by atoms with van der Waals surface area (Å²) in [6.45, 7) is 9.37. The van der Waals surface area contributed by atoms with E-state index in [1.165, 1.54) is 19.9 Å². The molecule has 2 rings (SSSR count). The number of aliphatic hydroxyl groups excluding tert-OH is 1. The monoisotopic (exact) mass is 552 g/mol. The Hall–Kier alpha value is -2.75. The molecule has 1 saturated heterocycles. The van der Waals surface area contributed by atoms with Gasteiger partial charge in [0.25, 0.3) is 0 Å². The van der Waals surface area contributed by atoms with Crippen molar-refractivity contribution in [2.45, 2.75) is 96.7 Å². The Bertz CT molecular complexity index is 1010. The van der Waals surface area contributed by atoms with Crippen molar-refractivity contribution in [2.75, 3.05) is 6.61 Å². The van der Waals surface area contributed by atoms with Crippen LogP contribution in [0, 0.1) is 0 Å². The lowest BCUT2D eigenvalue weighted by molar-refractivity contribution is -0.159. The van der Waals surface area contributed by atoms with Crippen LogP contribution in [0.2, 0.25) is 0 Å². The van der Waals surface area contributed by atoms with Gasteiger partial charge in [0.2, 0.25) is 0 Å². The Morgan fingerprint density at radius 1 is 1.26 bits per heavy atom. The molecule has 10 heteroatoms. The summed E-state index contributed by atoms with van der Waals surface area (Å²) in [5, 5.41) is 11.6. The zero-order valence-electron chi connectivity index (χ0n) is 22.4. The number of carbonyl (C=O) groups excluding carboxylic acids is 4. The highest BCUT2D eigenvalue weighted by Crippen LogP contribution is 2.31. The van der Waals surface area contributed by atoms with Crippen LogP contribution >= 0.6 is 11.6 Å². The lowest BCUT2D eigenvalue weighted by atomic mass is 10.0. The fraction of sp³-hybridized carbons (Fsp3) is 0.571. The third-order valence-electron chi connectivity index (χ3n) is 6.27. The normalized spacial score (nSPS) is 28.5. The van der Waals surface area contributed by atoms with Gasteiger partial charge in [-0.3, -0.25) is 19.2 Å². The summed E-state index contributed by atoms with van der Waals surface area (Å²) in [4.78, 5) is 47.8. The number of Topliss-reactive ketones (excluding diaryl/α,β-unsaturated/α-hetero) is 1. The van der Waals surface area contributed by atoms with Gasteiger partial charge in [-0.15, -0.1) is 0 Å². The van der Waals surface area contributed by atoms with Crippen molar-refractivity contribution in [1.29, 1.82) is 0 Å². The molecule has 0 aliphatic carbocycles. The van der Waals surface area contributed by atoms with Crippen LogP contribution in [0.3, 0.4) is 0 Å². The number of ether oxygens (including phenoxy) is 4. The van der Waals surface area contributed by atoms with Gasteiger partial charge in [-0.1, -0.05) is 42.0 Å². The second kappa shape index (κ2) is 15.0. The molecule has 1 N–H and O–H groups in total. The van der Waals surface area contributed by atoms with Crippen molar-refractivity contribution in [3.63, 3.8) is 0 Å². The molecule has 210 valence electrons. The molecule has 2 heterocycles. The first kappa shape index (κ1) is 31.5. The number of fused-ring (bicyclic) bond motifs is 2. The summed E-state index contributed by atoms with van der Waals surface area (Å²) >= 11 is 6.37. The third kappa shape index (κ3) is 10.6. The Balaban J connectivity index is 2.15. The average Bonchev–Trinajstić information content (AvgIpc) is 3.22. The molecular weight excluding hydrogens is 516 g/mol. The lowest BCUT2D eigenvalue weighted by Gasteiger charge is -2.24. The first-order chi connectivity index (χ1) is 17.8. The highest BCUT2D eigenvalue weighted by Gasteiger charge is 2.41. The Morgan fingerprint density at radius 3 is 2.63 bits per heavy atom. The lowest BCUT2D eigenvalue weighted by Crippen LogP contribution is -2.37. The molecule has 0 unspecified atom stereocenters.